The number of aliphatic imine (C=N–C) groups is 2. The first kappa shape index (κ1) is 40.5. The smallest absolute Gasteiger partial charge is 0.338 e. The Bertz CT molecular complexity index is 2220. The highest BCUT2D eigenvalue weighted by Gasteiger charge is 2.37. The molecule has 1 N–H and O–H groups in total. The van der Waals surface area contributed by atoms with Crippen LogP contribution in [0.3, 0.4) is 0 Å². The number of rotatable bonds is 8. The summed E-state index contributed by atoms with van der Waals surface area (Å²) in [6.07, 6.45) is 0. The van der Waals surface area contributed by atoms with E-state index in [1.807, 2.05) is 36.4 Å². The second-order valence-electron chi connectivity index (χ2n) is 12.3. The minimum atomic E-state index is -0.854. The first-order chi connectivity index (χ1) is 26.3. The van der Waals surface area contributed by atoms with E-state index in [2.05, 4.69) is 15.3 Å². The maximum atomic E-state index is 14.8. The van der Waals surface area contributed by atoms with Crippen LogP contribution >= 0.6 is 23.2 Å². The number of carbonyl (C=O) groups excluding carboxylic acids is 2. The molecule has 2 heterocycles. The molecule has 286 valence electrons. The molecule has 2 atom stereocenters. The normalized spacial score (nSPS) is 16.6. The van der Waals surface area contributed by atoms with Crippen LogP contribution in [0.25, 0.3) is 0 Å². The average molecular weight is 792 g/mol. The number of allylic oxidation sites excluding steroid dienone is 2. The van der Waals surface area contributed by atoms with E-state index in [0.717, 1.165) is 11.1 Å². The van der Waals surface area contributed by atoms with Gasteiger partial charge in [0.15, 0.2) is 0 Å². The monoisotopic (exact) mass is 790 g/mol. The van der Waals surface area contributed by atoms with Gasteiger partial charge in [-0.2, -0.15) is 0 Å². The molecule has 0 fully saturated rings. The van der Waals surface area contributed by atoms with E-state index < -0.39 is 35.7 Å². The number of hydrogen-bond donors (Lipinski definition) is 1. The molecule has 0 bridgehead atoms. The van der Waals surface area contributed by atoms with Crippen LogP contribution in [0.15, 0.2) is 117 Å². The van der Waals surface area contributed by atoms with Gasteiger partial charge in [-0.1, -0.05) is 35.3 Å². The van der Waals surface area contributed by atoms with Crippen molar-refractivity contribution in [3.05, 3.63) is 151 Å². The van der Waals surface area contributed by atoms with E-state index in [0.29, 0.717) is 40.1 Å². The van der Waals surface area contributed by atoms with Crippen LogP contribution in [0, 0.1) is 11.6 Å². The van der Waals surface area contributed by atoms with Gasteiger partial charge in [-0.3, -0.25) is 4.99 Å². The Kier molecular flexibility index (Phi) is 13.0. The lowest BCUT2D eigenvalue weighted by atomic mass is 9.93. The number of likely N-dealkylation sites (N-methyl/N-ethyl adjacent to an activating group) is 1. The highest BCUT2D eigenvalue weighted by Crippen LogP contribution is 2.38. The number of carbonyl (C=O) groups is 2. The highest BCUT2D eigenvalue weighted by atomic mass is 35.5. The zero-order valence-electron chi connectivity index (χ0n) is 31.0. The van der Waals surface area contributed by atoms with E-state index in [4.69, 9.17) is 42.1 Å². The SMILES string of the molecule is COC(=O)C1=C(C)N=C(c2ccc(OC)cc2)N(C)C1c1ccc(Cl)cc1F.COC(=O)C1=C(C)NC(c2ccc(OC)cc2)=NC1c1ccc(Cl)cc1F. The lowest BCUT2D eigenvalue weighted by Crippen LogP contribution is -2.38. The minimum Gasteiger partial charge on any atom is -0.497 e. The van der Waals surface area contributed by atoms with Gasteiger partial charge in [0.1, 0.15) is 40.8 Å². The van der Waals surface area contributed by atoms with Gasteiger partial charge in [-0.15, -0.1) is 0 Å². The molecule has 55 heavy (non-hydrogen) atoms. The summed E-state index contributed by atoms with van der Waals surface area (Å²) >= 11 is 11.8. The van der Waals surface area contributed by atoms with E-state index in [9.17, 15) is 18.4 Å². The molecular formula is C41H38Cl2F2N4O6. The molecule has 0 saturated heterocycles. The number of nitrogens with one attached hydrogen (secondary N) is 1. The summed E-state index contributed by atoms with van der Waals surface area (Å²) in [5.74, 6) is 0.368. The summed E-state index contributed by atoms with van der Waals surface area (Å²) in [6, 6.07) is 21.7. The third kappa shape index (κ3) is 8.82. The Labute approximate surface area is 327 Å². The van der Waals surface area contributed by atoms with Gasteiger partial charge < -0.3 is 29.2 Å². The summed E-state index contributed by atoms with van der Waals surface area (Å²) in [5, 5.41) is 3.66. The maximum absolute atomic E-state index is 14.8. The molecule has 4 aromatic rings. The lowest BCUT2D eigenvalue weighted by Gasteiger charge is -2.36. The van der Waals surface area contributed by atoms with Crippen molar-refractivity contribution in [1.29, 1.82) is 0 Å². The summed E-state index contributed by atoms with van der Waals surface area (Å²) in [5.41, 5.74) is 3.68. The average Bonchev–Trinajstić information content (AvgIpc) is 3.18. The molecule has 2 aliphatic heterocycles. The van der Waals surface area contributed by atoms with Crippen LogP contribution in [0.4, 0.5) is 8.78 Å². The van der Waals surface area contributed by atoms with E-state index in [1.54, 1.807) is 70.3 Å². The summed E-state index contributed by atoms with van der Waals surface area (Å²) in [7, 11) is 7.51. The Morgan fingerprint density at radius 1 is 0.709 bits per heavy atom. The van der Waals surface area contributed by atoms with Crippen LogP contribution in [-0.2, 0) is 19.1 Å². The fourth-order valence-electron chi connectivity index (χ4n) is 6.17. The van der Waals surface area contributed by atoms with Crippen molar-refractivity contribution in [3.8, 4) is 11.5 Å². The molecule has 0 amide bonds. The predicted molar refractivity (Wildman–Crippen MR) is 208 cm³/mol. The second kappa shape index (κ2) is 17.6. The highest BCUT2D eigenvalue weighted by molar-refractivity contribution is 6.30. The molecule has 0 radical (unpaired) electrons. The zero-order chi connectivity index (χ0) is 40.0. The van der Waals surface area contributed by atoms with Crippen LogP contribution in [0.1, 0.15) is 48.2 Å². The zero-order valence-corrected chi connectivity index (χ0v) is 32.6. The number of halogens is 4. The topological polar surface area (TPSA) is 111 Å². The Hall–Kier alpha value is -5.72. The van der Waals surface area contributed by atoms with Gasteiger partial charge in [0.2, 0.25) is 0 Å². The van der Waals surface area contributed by atoms with Gasteiger partial charge in [0.25, 0.3) is 0 Å². The third-order valence-corrected chi connectivity index (χ3v) is 9.41. The number of nitrogens with zero attached hydrogens (tertiary/aromatic N) is 3. The van der Waals surface area contributed by atoms with Crippen LogP contribution in [0.5, 0.6) is 11.5 Å². The largest absolute Gasteiger partial charge is 0.497 e. The maximum Gasteiger partial charge on any atom is 0.338 e. The molecule has 2 unspecified atom stereocenters. The number of ether oxygens (including phenoxy) is 4. The van der Waals surface area contributed by atoms with Crippen molar-refractivity contribution in [2.75, 3.05) is 35.5 Å². The molecule has 14 heteroatoms. The fourth-order valence-corrected chi connectivity index (χ4v) is 6.49. The van der Waals surface area contributed by atoms with Crippen LogP contribution in [0.2, 0.25) is 10.0 Å². The molecule has 2 aliphatic rings. The third-order valence-electron chi connectivity index (χ3n) is 8.94. The summed E-state index contributed by atoms with van der Waals surface area (Å²) in [4.78, 5) is 35.7. The van der Waals surface area contributed by atoms with Crippen molar-refractivity contribution in [3.63, 3.8) is 0 Å². The van der Waals surface area contributed by atoms with Gasteiger partial charge in [-0.05, 0) is 86.6 Å². The molecule has 10 nitrogen and oxygen atoms in total. The molecular weight excluding hydrogens is 753 g/mol. The fraction of sp³-hybridized carbons (Fsp3) is 0.220. The predicted octanol–water partition coefficient (Wildman–Crippen LogP) is 8.39. The number of amidine groups is 2. The van der Waals surface area contributed by atoms with Gasteiger partial charge in [0, 0.05) is 45.0 Å². The van der Waals surface area contributed by atoms with Crippen molar-refractivity contribution >= 4 is 46.8 Å². The summed E-state index contributed by atoms with van der Waals surface area (Å²) < 4.78 is 49.5. The van der Waals surface area contributed by atoms with Gasteiger partial charge in [0.05, 0.1) is 51.3 Å². The van der Waals surface area contributed by atoms with Crippen molar-refractivity contribution in [2.45, 2.75) is 25.9 Å². The van der Waals surface area contributed by atoms with Crippen molar-refractivity contribution < 1.29 is 37.3 Å². The Balaban J connectivity index is 0.000000211. The number of benzene rings is 4. The first-order valence-corrected chi connectivity index (χ1v) is 17.5. The Morgan fingerprint density at radius 2 is 1.20 bits per heavy atom. The molecule has 0 spiro atoms. The number of methoxy groups -OCH3 is 4. The number of esters is 2. The van der Waals surface area contributed by atoms with Crippen LogP contribution < -0.4 is 14.8 Å². The quantitative estimate of drug-likeness (QED) is 0.177. The lowest BCUT2D eigenvalue weighted by molar-refractivity contribution is -0.137. The molecule has 4 aromatic carbocycles. The molecule has 0 aromatic heterocycles. The van der Waals surface area contributed by atoms with Gasteiger partial charge >= 0.3 is 11.9 Å². The second-order valence-corrected chi connectivity index (χ2v) is 13.1. The molecule has 0 saturated carbocycles. The molecule has 6 rings (SSSR count). The van der Waals surface area contributed by atoms with Crippen LogP contribution in [-0.4, -0.2) is 64.0 Å². The Morgan fingerprint density at radius 3 is 1.69 bits per heavy atom. The van der Waals surface area contributed by atoms with Crippen molar-refractivity contribution in [1.82, 2.24) is 10.2 Å². The number of hydrogen-bond acceptors (Lipinski definition) is 10. The molecule has 0 aliphatic carbocycles. The van der Waals surface area contributed by atoms with E-state index >= 15 is 0 Å². The minimum absolute atomic E-state index is 0.242. The standard InChI is InChI=1S/C21H20ClFN2O3.C20H18ClFN2O3/c1-12-18(21(26)28-4)19(16-10-7-14(22)11-17(16)23)25(2)20(24-12)13-5-8-15(27-3)9-6-13;1-11-17(20(25)27-3)18(15-9-6-13(21)10-16(15)22)24-19(23-11)12-4-7-14(26-2)8-5-12/h5-11,19H,1-4H3;4-10,18H,1-3H3,(H,23,24). The van der Waals surface area contributed by atoms with E-state index in [1.165, 1.54) is 32.4 Å². The van der Waals surface area contributed by atoms with E-state index in [-0.39, 0.29) is 26.8 Å². The first-order valence-electron chi connectivity index (χ1n) is 16.7. The summed E-state index contributed by atoms with van der Waals surface area (Å²) in [6.45, 7) is 3.44. The van der Waals surface area contributed by atoms with Crippen molar-refractivity contribution in [2.24, 2.45) is 9.98 Å². The van der Waals surface area contributed by atoms with Gasteiger partial charge in [-0.25, -0.2) is 23.4 Å².